The molecule has 5 nitrogen and oxygen atoms in total. The van der Waals surface area contributed by atoms with Gasteiger partial charge in [0.15, 0.2) is 0 Å². The van der Waals surface area contributed by atoms with Gasteiger partial charge in [0.2, 0.25) is 0 Å². The smallest absolute Gasteiger partial charge is 0.330 e. The number of ether oxygens (including phenoxy) is 1. The van der Waals surface area contributed by atoms with E-state index in [0.29, 0.717) is 6.42 Å². The molecule has 0 aromatic carbocycles. The van der Waals surface area contributed by atoms with Gasteiger partial charge in [-0.15, -0.1) is 0 Å². The van der Waals surface area contributed by atoms with Gasteiger partial charge in [0.1, 0.15) is 6.10 Å². The molecule has 1 aliphatic heterocycles. The second-order valence-corrected chi connectivity index (χ2v) is 6.50. The molecule has 134 valence electrons. The van der Waals surface area contributed by atoms with Gasteiger partial charge in [0.05, 0.1) is 18.3 Å². The highest BCUT2D eigenvalue weighted by Crippen LogP contribution is 2.18. The van der Waals surface area contributed by atoms with Crippen LogP contribution in [0.15, 0.2) is 12.2 Å². The fraction of sp³-hybridized carbons (Fsp3) is 0.833. The number of esters is 1. The molecule has 1 rings (SSSR count). The maximum atomic E-state index is 11.9. The van der Waals surface area contributed by atoms with Crippen LogP contribution < -0.4 is 0 Å². The van der Waals surface area contributed by atoms with Gasteiger partial charge >= 0.3 is 5.97 Å². The molecule has 5 heteroatoms. The first kappa shape index (κ1) is 20.1. The molecule has 3 N–H and O–H groups in total. The van der Waals surface area contributed by atoms with Crippen LogP contribution in [-0.4, -0.2) is 45.7 Å². The van der Waals surface area contributed by atoms with E-state index < -0.39 is 24.3 Å². The van der Waals surface area contributed by atoms with Crippen LogP contribution in [0.25, 0.3) is 0 Å². The third-order valence-electron chi connectivity index (χ3n) is 4.31. The van der Waals surface area contributed by atoms with Crippen molar-refractivity contribution >= 4 is 5.97 Å². The first-order valence-corrected chi connectivity index (χ1v) is 8.96. The van der Waals surface area contributed by atoms with Crippen molar-refractivity contribution in [3.63, 3.8) is 0 Å². The van der Waals surface area contributed by atoms with E-state index in [4.69, 9.17) is 4.74 Å². The lowest BCUT2D eigenvalue weighted by atomic mass is 9.99. The molecule has 0 bridgehead atoms. The van der Waals surface area contributed by atoms with Crippen LogP contribution in [0.3, 0.4) is 0 Å². The number of carbonyl (C=O) groups is 1. The van der Waals surface area contributed by atoms with E-state index in [1.54, 1.807) is 0 Å². The molecule has 0 aromatic rings. The molecule has 4 atom stereocenters. The molecular weight excluding hydrogens is 296 g/mol. The lowest BCUT2D eigenvalue weighted by Crippen LogP contribution is -2.29. The van der Waals surface area contributed by atoms with E-state index in [1.807, 2.05) is 0 Å². The normalized spacial score (nSPS) is 32.8. The monoisotopic (exact) mass is 328 g/mol. The average molecular weight is 328 g/mol. The maximum absolute atomic E-state index is 11.9. The summed E-state index contributed by atoms with van der Waals surface area (Å²) in [6.07, 6.45) is 8.00. The number of carbonyl (C=O) groups excluding carboxylic acids is 1. The molecule has 0 amide bonds. The van der Waals surface area contributed by atoms with Crippen LogP contribution in [-0.2, 0) is 9.53 Å². The average Bonchev–Trinajstić information content (AvgIpc) is 2.51. The third kappa shape index (κ3) is 9.08. The quantitative estimate of drug-likeness (QED) is 0.545. The molecule has 1 aliphatic rings. The standard InChI is InChI=1S/C18H32O5/c1-2-3-5-9-15-10-7-4-6-8-14(19)13-17(21)16(20)11-12-18(22)23-15/h11-12,14-17,19-21H,2-10,13H2,1H3/b12-11+/t14-,15+,16-,17-/m0/s1. The molecule has 0 saturated heterocycles. The minimum atomic E-state index is -1.17. The Hall–Kier alpha value is -0.910. The lowest BCUT2D eigenvalue weighted by Gasteiger charge is -2.20. The fourth-order valence-corrected chi connectivity index (χ4v) is 2.86. The van der Waals surface area contributed by atoms with Crippen LogP contribution in [0.4, 0.5) is 0 Å². The molecule has 0 aliphatic carbocycles. The Bertz CT molecular complexity index is 355. The molecule has 0 fully saturated rings. The number of aliphatic hydroxyl groups excluding tert-OH is 3. The van der Waals surface area contributed by atoms with Crippen molar-refractivity contribution in [3.8, 4) is 0 Å². The van der Waals surface area contributed by atoms with Gasteiger partial charge < -0.3 is 20.1 Å². The number of hydrogen-bond acceptors (Lipinski definition) is 5. The highest BCUT2D eigenvalue weighted by Gasteiger charge is 2.19. The first-order chi connectivity index (χ1) is 11.0. The van der Waals surface area contributed by atoms with E-state index >= 15 is 0 Å². The van der Waals surface area contributed by atoms with Crippen LogP contribution >= 0.6 is 0 Å². The SMILES string of the molecule is CCCCC[C@@H]1CCCCC[C@H](O)C[C@H](O)[C@@H](O)/C=C/C(=O)O1. The molecule has 0 spiro atoms. The van der Waals surface area contributed by atoms with Crippen LogP contribution in [0, 0.1) is 0 Å². The Balaban J connectivity index is 2.63. The predicted molar refractivity (Wildman–Crippen MR) is 88.9 cm³/mol. The van der Waals surface area contributed by atoms with E-state index in [1.165, 1.54) is 12.2 Å². The van der Waals surface area contributed by atoms with Crippen LogP contribution in [0.1, 0.15) is 71.1 Å². The van der Waals surface area contributed by atoms with Crippen molar-refractivity contribution < 1.29 is 24.9 Å². The highest BCUT2D eigenvalue weighted by atomic mass is 16.5. The van der Waals surface area contributed by atoms with E-state index in [-0.39, 0.29) is 12.5 Å². The first-order valence-electron chi connectivity index (χ1n) is 8.96. The number of aliphatic hydroxyl groups is 3. The minimum Gasteiger partial charge on any atom is -0.459 e. The van der Waals surface area contributed by atoms with Crippen molar-refractivity contribution in [1.82, 2.24) is 0 Å². The molecule has 23 heavy (non-hydrogen) atoms. The molecule has 0 radical (unpaired) electrons. The Labute approximate surface area is 139 Å². The fourth-order valence-electron chi connectivity index (χ4n) is 2.86. The zero-order valence-corrected chi connectivity index (χ0v) is 14.2. The summed E-state index contributed by atoms with van der Waals surface area (Å²) in [7, 11) is 0. The van der Waals surface area contributed by atoms with Crippen molar-refractivity contribution in [2.75, 3.05) is 0 Å². The summed E-state index contributed by atoms with van der Waals surface area (Å²) < 4.78 is 5.48. The summed E-state index contributed by atoms with van der Waals surface area (Å²) in [6, 6.07) is 0. The predicted octanol–water partition coefficient (Wildman–Crippen LogP) is 2.47. The van der Waals surface area contributed by atoms with E-state index in [2.05, 4.69) is 6.92 Å². The Morgan fingerprint density at radius 3 is 2.61 bits per heavy atom. The van der Waals surface area contributed by atoms with E-state index in [9.17, 15) is 20.1 Å². The summed E-state index contributed by atoms with van der Waals surface area (Å²) in [5.74, 6) is -0.477. The van der Waals surface area contributed by atoms with Gasteiger partial charge in [-0.1, -0.05) is 32.6 Å². The second-order valence-electron chi connectivity index (χ2n) is 6.50. The summed E-state index contributed by atoms with van der Waals surface area (Å²) in [6.45, 7) is 2.14. The topological polar surface area (TPSA) is 87.0 Å². The molecular formula is C18H32O5. The Morgan fingerprint density at radius 1 is 1.13 bits per heavy atom. The van der Waals surface area contributed by atoms with Crippen LogP contribution in [0.2, 0.25) is 0 Å². The molecule has 0 unspecified atom stereocenters. The van der Waals surface area contributed by atoms with Gasteiger partial charge in [-0.2, -0.15) is 0 Å². The highest BCUT2D eigenvalue weighted by molar-refractivity contribution is 5.82. The largest absolute Gasteiger partial charge is 0.459 e. The summed E-state index contributed by atoms with van der Waals surface area (Å²) >= 11 is 0. The molecule has 1 heterocycles. The van der Waals surface area contributed by atoms with Gasteiger partial charge in [0.25, 0.3) is 0 Å². The van der Waals surface area contributed by atoms with Gasteiger partial charge in [-0.05, 0) is 38.2 Å². The zero-order valence-electron chi connectivity index (χ0n) is 14.2. The Kier molecular flexibility index (Phi) is 10.2. The minimum absolute atomic E-state index is 0.0892. The number of hydrogen-bond donors (Lipinski definition) is 3. The molecule has 0 saturated carbocycles. The number of rotatable bonds is 4. The van der Waals surface area contributed by atoms with Crippen molar-refractivity contribution in [3.05, 3.63) is 12.2 Å². The second kappa shape index (κ2) is 11.6. The zero-order chi connectivity index (χ0) is 17.1. The van der Waals surface area contributed by atoms with Gasteiger partial charge in [-0.3, -0.25) is 0 Å². The summed E-state index contributed by atoms with van der Waals surface area (Å²) in [5, 5.41) is 29.5. The summed E-state index contributed by atoms with van der Waals surface area (Å²) in [4.78, 5) is 11.9. The van der Waals surface area contributed by atoms with Crippen molar-refractivity contribution in [1.29, 1.82) is 0 Å². The van der Waals surface area contributed by atoms with Crippen molar-refractivity contribution in [2.24, 2.45) is 0 Å². The number of cyclic esters (lactones) is 1. The third-order valence-corrected chi connectivity index (χ3v) is 4.31. The van der Waals surface area contributed by atoms with Gasteiger partial charge in [-0.25, -0.2) is 4.79 Å². The maximum Gasteiger partial charge on any atom is 0.330 e. The number of unbranched alkanes of at least 4 members (excludes halogenated alkanes) is 2. The van der Waals surface area contributed by atoms with E-state index in [0.717, 1.165) is 51.4 Å². The van der Waals surface area contributed by atoms with Gasteiger partial charge in [0, 0.05) is 12.5 Å². The molecule has 0 aromatic heterocycles. The Morgan fingerprint density at radius 2 is 1.87 bits per heavy atom. The van der Waals surface area contributed by atoms with Crippen LogP contribution in [0.5, 0.6) is 0 Å². The lowest BCUT2D eigenvalue weighted by molar-refractivity contribution is -0.143. The summed E-state index contributed by atoms with van der Waals surface area (Å²) in [5.41, 5.74) is 0. The van der Waals surface area contributed by atoms with Crippen molar-refractivity contribution in [2.45, 2.75) is 95.5 Å².